The maximum atomic E-state index is 5.81. The SMILES string of the molecule is CCCCN1CCn2nc(OCc3ccccc3)cc2C1. The highest BCUT2D eigenvalue weighted by molar-refractivity contribution is 5.19. The van der Waals surface area contributed by atoms with Gasteiger partial charge in [-0.2, -0.15) is 0 Å². The fourth-order valence-corrected chi connectivity index (χ4v) is 2.67. The number of aromatic nitrogens is 2. The standard InChI is InChI=1S/C17H23N3O/c1-2-3-9-19-10-11-20-16(13-19)12-17(18-20)21-14-15-7-5-4-6-8-15/h4-8,12H,2-3,9-11,13-14H2,1H3. The summed E-state index contributed by atoms with van der Waals surface area (Å²) in [5, 5.41) is 4.55. The number of benzene rings is 1. The van der Waals surface area contributed by atoms with E-state index in [1.54, 1.807) is 0 Å². The molecule has 0 saturated carbocycles. The summed E-state index contributed by atoms with van der Waals surface area (Å²) in [6, 6.07) is 12.3. The molecule has 0 saturated heterocycles. The van der Waals surface area contributed by atoms with Gasteiger partial charge >= 0.3 is 0 Å². The third kappa shape index (κ3) is 3.64. The topological polar surface area (TPSA) is 30.3 Å². The lowest BCUT2D eigenvalue weighted by molar-refractivity contribution is 0.209. The minimum absolute atomic E-state index is 0.580. The predicted molar refractivity (Wildman–Crippen MR) is 83.2 cm³/mol. The Hall–Kier alpha value is -1.81. The second-order valence-electron chi connectivity index (χ2n) is 5.60. The molecule has 112 valence electrons. The van der Waals surface area contributed by atoms with Crippen LogP contribution in [0.1, 0.15) is 31.0 Å². The summed E-state index contributed by atoms with van der Waals surface area (Å²) in [5.41, 5.74) is 2.44. The average Bonchev–Trinajstić information content (AvgIpc) is 2.94. The molecular weight excluding hydrogens is 262 g/mol. The van der Waals surface area contributed by atoms with Crippen LogP contribution in [0.3, 0.4) is 0 Å². The van der Waals surface area contributed by atoms with Crippen LogP contribution in [0.15, 0.2) is 36.4 Å². The Bertz CT molecular complexity index is 565. The summed E-state index contributed by atoms with van der Waals surface area (Å²) in [5.74, 6) is 0.742. The molecule has 0 atom stereocenters. The van der Waals surface area contributed by atoms with Crippen LogP contribution in [0.2, 0.25) is 0 Å². The minimum atomic E-state index is 0.580. The van der Waals surface area contributed by atoms with Gasteiger partial charge in [-0.15, -0.1) is 5.10 Å². The van der Waals surface area contributed by atoms with Gasteiger partial charge in [0.1, 0.15) is 6.61 Å². The molecule has 2 aromatic rings. The highest BCUT2D eigenvalue weighted by atomic mass is 16.5. The van der Waals surface area contributed by atoms with Crippen molar-refractivity contribution >= 4 is 0 Å². The van der Waals surface area contributed by atoms with Crippen LogP contribution in [-0.2, 0) is 19.7 Å². The van der Waals surface area contributed by atoms with Crippen molar-refractivity contribution in [2.24, 2.45) is 0 Å². The van der Waals surface area contributed by atoms with E-state index in [9.17, 15) is 0 Å². The molecule has 2 heterocycles. The first kappa shape index (κ1) is 14.1. The second-order valence-corrected chi connectivity index (χ2v) is 5.60. The summed E-state index contributed by atoms with van der Waals surface area (Å²) in [4.78, 5) is 2.50. The molecule has 0 N–H and O–H groups in total. The normalized spacial score (nSPS) is 14.9. The van der Waals surface area contributed by atoms with Gasteiger partial charge in [0.05, 0.1) is 12.2 Å². The number of unbranched alkanes of at least 4 members (excludes halogenated alkanes) is 1. The van der Waals surface area contributed by atoms with E-state index in [-0.39, 0.29) is 0 Å². The van der Waals surface area contributed by atoms with Gasteiger partial charge in [-0.1, -0.05) is 43.7 Å². The van der Waals surface area contributed by atoms with Gasteiger partial charge in [-0.05, 0) is 18.5 Å². The third-order valence-electron chi connectivity index (χ3n) is 3.91. The summed E-state index contributed by atoms with van der Waals surface area (Å²) >= 11 is 0. The number of rotatable bonds is 6. The van der Waals surface area contributed by atoms with Gasteiger partial charge in [0.25, 0.3) is 0 Å². The van der Waals surface area contributed by atoms with Crippen LogP contribution in [-0.4, -0.2) is 27.8 Å². The van der Waals surface area contributed by atoms with Crippen molar-refractivity contribution in [3.63, 3.8) is 0 Å². The Balaban J connectivity index is 1.58. The Morgan fingerprint density at radius 3 is 2.86 bits per heavy atom. The lowest BCUT2D eigenvalue weighted by atomic mass is 10.2. The summed E-state index contributed by atoms with van der Waals surface area (Å²) < 4.78 is 7.90. The highest BCUT2D eigenvalue weighted by Crippen LogP contribution is 2.19. The third-order valence-corrected chi connectivity index (χ3v) is 3.91. The van der Waals surface area contributed by atoms with Crippen LogP contribution >= 0.6 is 0 Å². The van der Waals surface area contributed by atoms with E-state index in [2.05, 4.69) is 39.8 Å². The van der Waals surface area contributed by atoms with Crippen molar-refractivity contribution < 1.29 is 4.74 Å². The summed E-state index contributed by atoms with van der Waals surface area (Å²) in [6.45, 7) is 7.05. The molecule has 21 heavy (non-hydrogen) atoms. The zero-order valence-electron chi connectivity index (χ0n) is 12.7. The Morgan fingerprint density at radius 2 is 2.05 bits per heavy atom. The molecule has 0 bridgehead atoms. The molecule has 4 heteroatoms. The maximum Gasteiger partial charge on any atom is 0.233 e. The maximum absolute atomic E-state index is 5.81. The van der Waals surface area contributed by atoms with Crippen molar-refractivity contribution in [2.45, 2.75) is 39.5 Å². The van der Waals surface area contributed by atoms with E-state index in [0.29, 0.717) is 6.61 Å². The molecule has 0 unspecified atom stereocenters. The van der Waals surface area contributed by atoms with E-state index < -0.39 is 0 Å². The Labute approximate surface area is 126 Å². The number of hydrogen-bond acceptors (Lipinski definition) is 3. The molecule has 4 nitrogen and oxygen atoms in total. The van der Waals surface area contributed by atoms with Crippen LogP contribution < -0.4 is 4.74 Å². The number of fused-ring (bicyclic) bond motifs is 1. The zero-order valence-corrected chi connectivity index (χ0v) is 12.7. The molecule has 0 spiro atoms. The number of nitrogens with zero attached hydrogens (tertiary/aromatic N) is 3. The molecule has 0 aliphatic carbocycles. The van der Waals surface area contributed by atoms with E-state index in [1.807, 2.05) is 18.2 Å². The largest absolute Gasteiger partial charge is 0.472 e. The van der Waals surface area contributed by atoms with Crippen molar-refractivity contribution in [1.82, 2.24) is 14.7 Å². The van der Waals surface area contributed by atoms with Crippen molar-refractivity contribution in [2.75, 3.05) is 13.1 Å². The first-order valence-corrected chi connectivity index (χ1v) is 7.81. The van der Waals surface area contributed by atoms with Gasteiger partial charge in [0, 0.05) is 19.2 Å². The highest BCUT2D eigenvalue weighted by Gasteiger charge is 2.18. The van der Waals surface area contributed by atoms with Crippen LogP contribution in [0.5, 0.6) is 5.88 Å². The molecule has 1 aliphatic heterocycles. The number of hydrogen-bond donors (Lipinski definition) is 0. The Morgan fingerprint density at radius 1 is 1.19 bits per heavy atom. The second kappa shape index (κ2) is 6.76. The van der Waals surface area contributed by atoms with Crippen LogP contribution in [0, 0.1) is 0 Å². The smallest absolute Gasteiger partial charge is 0.233 e. The van der Waals surface area contributed by atoms with Crippen LogP contribution in [0.25, 0.3) is 0 Å². The molecule has 0 amide bonds. The predicted octanol–water partition coefficient (Wildman–Crippen LogP) is 3.08. The van der Waals surface area contributed by atoms with Crippen molar-refractivity contribution in [3.8, 4) is 5.88 Å². The van der Waals surface area contributed by atoms with Crippen molar-refractivity contribution in [1.29, 1.82) is 0 Å². The van der Waals surface area contributed by atoms with Crippen molar-refractivity contribution in [3.05, 3.63) is 47.7 Å². The molecule has 0 radical (unpaired) electrons. The fraction of sp³-hybridized carbons (Fsp3) is 0.471. The molecule has 1 aromatic heterocycles. The molecule has 1 aliphatic rings. The van der Waals surface area contributed by atoms with Gasteiger partial charge in [0.15, 0.2) is 0 Å². The van der Waals surface area contributed by atoms with E-state index in [4.69, 9.17) is 4.74 Å². The lowest BCUT2D eigenvalue weighted by Crippen LogP contribution is -2.34. The molecule has 1 aromatic carbocycles. The summed E-state index contributed by atoms with van der Waals surface area (Å²) in [7, 11) is 0. The first-order valence-electron chi connectivity index (χ1n) is 7.81. The van der Waals surface area contributed by atoms with Gasteiger partial charge in [-0.25, -0.2) is 0 Å². The summed E-state index contributed by atoms with van der Waals surface area (Å²) in [6.07, 6.45) is 2.52. The quantitative estimate of drug-likeness (QED) is 0.817. The van der Waals surface area contributed by atoms with Crippen LogP contribution in [0.4, 0.5) is 0 Å². The van der Waals surface area contributed by atoms with E-state index >= 15 is 0 Å². The van der Waals surface area contributed by atoms with Gasteiger partial charge in [0.2, 0.25) is 5.88 Å². The fourth-order valence-electron chi connectivity index (χ4n) is 2.67. The lowest BCUT2D eigenvalue weighted by Gasteiger charge is -2.27. The molecule has 3 rings (SSSR count). The first-order chi connectivity index (χ1) is 10.3. The minimum Gasteiger partial charge on any atom is -0.472 e. The average molecular weight is 285 g/mol. The van der Waals surface area contributed by atoms with E-state index in [1.165, 1.54) is 30.6 Å². The Kier molecular flexibility index (Phi) is 4.55. The number of ether oxygens (including phenoxy) is 1. The zero-order chi connectivity index (χ0) is 14.5. The van der Waals surface area contributed by atoms with Gasteiger partial charge in [-0.3, -0.25) is 9.58 Å². The molecule has 0 fully saturated rings. The van der Waals surface area contributed by atoms with Gasteiger partial charge < -0.3 is 4.74 Å². The van der Waals surface area contributed by atoms with E-state index in [0.717, 1.165) is 25.5 Å². The molecular formula is C17H23N3O. The monoisotopic (exact) mass is 285 g/mol.